The SMILES string of the molecule is NC1(Cl)C=CC(C(=O)c2ccccc2)=CC1. The number of alkyl halides is 1. The Bertz CT molecular complexity index is 460. The number of hydrogen-bond donors (Lipinski definition) is 1. The third-order valence-corrected chi connectivity index (χ3v) is 2.75. The van der Waals surface area contributed by atoms with Crippen LogP contribution in [0.5, 0.6) is 0 Å². The van der Waals surface area contributed by atoms with Crippen LogP contribution < -0.4 is 5.73 Å². The topological polar surface area (TPSA) is 43.1 Å². The molecule has 16 heavy (non-hydrogen) atoms. The molecule has 0 radical (unpaired) electrons. The van der Waals surface area contributed by atoms with E-state index >= 15 is 0 Å². The molecule has 2 N–H and O–H groups in total. The van der Waals surface area contributed by atoms with Crippen LogP contribution in [0.2, 0.25) is 0 Å². The number of hydrogen-bond acceptors (Lipinski definition) is 2. The molecule has 0 saturated heterocycles. The maximum Gasteiger partial charge on any atom is 0.192 e. The molecule has 1 unspecified atom stereocenters. The average molecular weight is 234 g/mol. The van der Waals surface area contributed by atoms with Gasteiger partial charge in [-0.2, -0.15) is 0 Å². The average Bonchev–Trinajstić information content (AvgIpc) is 2.29. The van der Waals surface area contributed by atoms with Crippen LogP contribution in [0.15, 0.2) is 54.1 Å². The Balaban J connectivity index is 2.20. The number of halogens is 1. The predicted molar refractivity (Wildman–Crippen MR) is 65.4 cm³/mol. The van der Waals surface area contributed by atoms with Gasteiger partial charge in [-0.1, -0.05) is 54.1 Å². The maximum absolute atomic E-state index is 12.0. The third kappa shape index (κ3) is 2.40. The minimum absolute atomic E-state index is 0.00372. The van der Waals surface area contributed by atoms with Crippen LogP contribution >= 0.6 is 11.6 Å². The number of nitrogens with two attached hydrogens (primary N) is 1. The molecule has 0 bridgehead atoms. The van der Waals surface area contributed by atoms with Crippen molar-refractivity contribution in [1.82, 2.24) is 0 Å². The summed E-state index contributed by atoms with van der Waals surface area (Å²) in [4.78, 5) is 11.2. The van der Waals surface area contributed by atoms with Crippen molar-refractivity contribution in [2.24, 2.45) is 5.73 Å². The number of carbonyl (C=O) groups excluding carboxylic acids is 1. The summed E-state index contributed by atoms with van der Waals surface area (Å²) in [6.45, 7) is 0. The second-order valence-corrected chi connectivity index (χ2v) is 4.52. The van der Waals surface area contributed by atoms with E-state index < -0.39 is 5.00 Å². The normalized spacial score (nSPS) is 24.0. The van der Waals surface area contributed by atoms with Crippen molar-refractivity contribution >= 4 is 17.4 Å². The van der Waals surface area contributed by atoms with E-state index in [1.165, 1.54) is 0 Å². The molecule has 3 heteroatoms. The van der Waals surface area contributed by atoms with Gasteiger partial charge in [0.2, 0.25) is 0 Å². The van der Waals surface area contributed by atoms with E-state index in [9.17, 15) is 4.79 Å². The van der Waals surface area contributed by atoms with Crippen molar-refractivity contribution in [2.75, 3.05) is 0 Å². The van der Waals surface area contributed by atoms with Crippen LogP contribution in [0, 0.1) is 0 Å². The predicted octanol–water partition coefficient (Wildman–Crippen LogP) is 2.65. The lowest BCUT2D eigenvalue weighted by molar-refractivity contribution is 0.103. The Hall–Kier alpha value is -1.38. The number of ketones is 1. The second-order valence-electron chi connectivity index (χ2n) is 3.82. The van der Waals surface area contributed by atoms with Gasteiger partial charge in [-0.25, -0.2) is 0 Å². The largest absolute Gasteiger partial charge is 0.309 e. The van der Waals surface area contributed by atoms with Crippen molar-refractivity contribution in [2.45, 2.75) is 11.4 Å². The molecule has 0 aromatic heterocycles. The summed E-state index contributed by atoms with van der Waals surface area (Å²) in [5.74, 6) is 0.00372. The zero-order chi connectivity index (χ0) is 11.6. The molecule has 0 spiro atoms. The van der Waals surface area contributed by atoms with E-state index in [2.05, 4.69) is 0 Å². The molecule has 1 aromatic carbocycles. The third-order valence-electron chi connectivity index (χ3n) is 2.47. The Morgan fingerprint density at radius 2 is 2.00 bits per heavy atom. The summed E-state index contributed by atoms with van der Waals surface area (Å²) in [6, 6.07) is 9.15. The monoisotopic (exact) mass is 233 g/mol. The molecule has 82 valence electrons. The molecular formula is C13H12ClNO. The minimum Gasteiger partial charge on any atom is -0.309 e. The molecule has 0 fully saturated rings. The van der Waals surface area contributed by atoms with Crippen LogP contribution in [0.25, 0.3) is 0 Å². The zero-order valence-electron chi connectivity index (χ0n) is 8.69. The molecule has 2 rings (SSSR count). The zero-order valence-corrected chi connectivity index (χ0v) is 9.45. The summed E-state index contributed by atoms with van der Waals surface area (Å²) in [5, 5.41) is 0. The maximum atomic E-state index is 12.0. The lowest BCUT2D eigenvalue weighted by Gasteiger charge is -2.19. The fourth-order valence-electron chi connectivity index (χ4n) is 1.56. The van der Waals surface area contributed by atoms with E-state index in [-0.39, 0.29) is 5.78 Å². The standard InChI is InChI=1S/C13H12ClNO/c14-13(15)8-6-11(7-9-13)12(16)10-4-2-1-3-5-10/h1-8H,9,15H2. The van der Waals surface area contributed by atoms with Gasteiger partial charge in [-0.15, -0.1) is 0 Å². The van der Waals surface area contributed by atoms with Crippen LogP contribution in [0.4, 0.5) is 0 Å². The first-order valence-electron chi connectivity index (χ1n) is 5.05. The summed E-state index contributed by atoms with van der Waals surface area (Å²) < 4.78 is 0. The van der Waals surface area contributed by atoms with Crippen LogP contribution in [-0.4, -0.2) is 10.8 Å². The first-order valence-corrected chi connectivity index (χ1v) is 5.43. The van der Waals surface area contributed by atoms with Crippen LogP contribution in [0.3, 0.4) is 0 Å². The second kappa shape index (κ2) is 4.24. The quantitative estimate of drug-likeness (QED) is 0.485. The molecule has 1 aromatic rings. The number of Topliss-reactive ketones (excluding diaryl/α,β-unsaturated/α-hetero) is 1. The fourth-order valence-corrected chi connectivity index (χ4v) is 1.70. The highest BCUT2D eigenvalue weighted by Gasteiger charge is 2.21. The van der Waals surface area contributed by atoms with Crippen molar-refractivity contribution in [3.63, 3.8) is 0 Å². The van der Waals surface area contributed by atoms with Gasteiger partial charge >= 0.3 is 0 Å². The van der Waals surface area contributed by atoms with Gasteiger partial charge in [0.25, 0.3) is 0 Å². The Labute approximate surface area is 99.4 Å². The van der Waals surface area contributed by atoms with E-state index in [4.69, 9.17) is 17.3 Å². The first-order chi connectivity index (χ1) is 7.58. The van der Waals surface area contributed by atoms with Crippen molar-refractivity contribution in [3.8, 4) is 0 Å². The number of rotatable bonds is 2. The van der Waals surface area contributed by atoms with Crippen LogP contribution in [-0.2, 0) is 0 Å². The lowest BCUT2D eigenvalue weighted by Crippen LogP contribution is -2.31. The van der Waals surface area contributed by atoms with Gasteiger partial charge in [-0.3, -0.25) is 4.79 Å². The van der Waals surface area contributed by atoms with Crippen molar-refractivity contribution in [3.05, 3.63) is 59.7 Å². The fraction of sp³-hybridized carbons (Fsp3) is 0.154. The summed E-state index contributed by atoms with van der Waals surface area (Å²) in [6.07, 6.45) is 5.60. The minimum atomic E-state index is -0.847. The molecule has 1 aliphatic rings. The summed E-state index contributed by atoms with van der Waals surface area (Å²) in [5.41, 5.74) is 7.03. The highest BCUT2D eigenvalue weighted by molar-refractivity contribution is 6.25. The molecule has 0 amide bonds. The van der Waals surface area contributed by atoms with E-state index in [1.807, 2.05) is 18.2 Å². The number of allylic oxidation sites excluding steroid dienone is 2. The van der Waals surface area contributed by atoms with Crippen LogP contribution in [0.1, 0.15) is 16.8 Å². The van der Waals surface area contributed by atoms with E-state index in [1.54, 1.807) is 30.4 Å². The lowest BCUT2D eigenvalue weighted by atomic mass is 9.96. The number of carbonyl (C=O) groups is 1. The Morgan fingerprint density at radius 1 is 1.31 bits per heavy atom. The van der Waals surface area contributed by atoms with Gasteiger partial charge < -0.3 is 5.73 Å². The number of benzene rings is 1. The van der Waals surface area contributed by atoms with Gasteiger partial charge in [-0.05, 0) is 6.08 Å². The van der Waals surface area contributed by atoms with E-state index in [0.717, 1.165) is 0 Å². The molecule has 1 aliphatic carbocycles. The van der Waals surface area contributed by atoms with Crippen molar-refractivity contribution in [1.29, 1.82) is 0 Å². The summed E-state index contributed by atoms with van der Waals surface area (Å²) in [7, 11) is 0. The van der Waals surface area contributed by atoms with Gasteiger partial charge in [0, 0.05) is 17.6 Å². The Morgan fingerprint density at radius 3 is 2.56 bits per heavy atom. The molecule has 0 saturated carbocycles. The van der Waals surface area contributed by atoms with E-state index in [0.29, 0.717) is 17.6 Å². The van der Waals surface area contributed by atoms with Crippen molar-refractivity contribution < 1.29 is 4.79 Å². The molecule has 2 nitrogen and oxygen atoms in total. The molecule has 1 atom stereocenters. The summed E-state index contributed by atoms with van der Waals surface area (Å²) >= 11 is 5.92. The Kier molecular flexibility index (Phi) is 2.95. The first kappa shape index (κ1) is 11.1. The smallest absolute Gasteiger partial charge is 0.192 e. The molecule has 0 aliphatic heterocycles. The highest BCUT2D eigenvalue weighted by Crippen LogP contribution is 2.23. The molecule has 0 heterocycles. The molecular weight excluding hydrogens is 222 g/mol. The van der Waals surface area contributed by atoms with Gasteiger partial charge in [0.1, 0.15) is 5.00 Å². The highest BCUT2D eigenvalue weighted by atomic mass is 35.5. The van der Waals surface area contributed by atoms with Gasteiger partial charge in [0.15, 0.2) is 5.78 Å². The van der Waals surface area contributed by atoms with Gasteiger partial charge in [0.05, 0.1) is 0 Å².